The zero-order chi connectivity index (χ0) is 7.28. The number of hydrogen-bond donors (Lipinski definition) is 1. The summed E-state index contributed by atoms with van der Waals surface area (Å²) in [6, 6.07) is 0. The summed E-state index contributed by atoms with van der Waals surface area (Å²) in [5, 5.41) is 2.57. The molecule has 0 aromatic carbocycles. The van der Waals surface area contributed by atoms with Crippen LogP contribution in [-0.2, 0) is 4.79 Å². The number of halogens is 1. The molecule has 0 aromatic rings. The average molecular weight is 150 g/mol. The van der Waals surface area contributed by atoms with E-state index in [4.69, 9.17) is 11.6 Å². The van der Waals surface area contributed by atoms with Gasteiger partial charge in [0.15, 0.2) is 0 Å². The van der Waals surface area contributed by atoms with Crippen LogP contribution in [0.25, 0.3) is 0 Å². The van der Waals surface area contributed by atoms with E-state index in [1.807, 2.05) is 6.92 Å². The Balaban J connectivity index is 3.26. The molecule has 0 fully saturated rings. The molecule has 0 aliphatic carbocycles. The molecular formula is C6H12ClNO. The normalized spacial score (nSPS) is 12.8. The predicted molar refractivity (Wildman–Crippen MR) is 38.4 cm³/mol. The maximum atomic E-state index is 10.3. The van der Waals surface area contributed by atoms with Crippen molar-refractivity contribution < 1.29 is 4.79 Å². The highest BCUT2D eigenvalue weighted by Crippen LogP contribution is 1.99. The summed E-state index contributed by atoms with van der Waals surface area (Å²) in [5.74, 6) is -0.0662. The first-order chi connectivity index (χ1) is 4.16. The number of carbonyl (C=O) groups excluding carboxylic acids is 1. The molecule has 1 N–H and O–H groups in total. The van der Waals surface area contributed by atoms with Gasteiger partial charge in [0.1, 0.15) is 5.50 Å². The number of nitrogens with one attached hydrogen (secondary N) is 1. The third kappa shape index (κ3) is 5.63. The molecule has 1 atom stereocenters. The van der Waals surface area contributed by atoms with E-state index < -0.39 is 0 Å². The van der Waals surface area contributed by atoms with E-state index in [0.717, 1.165) is 12.8 Å². The number of hydrogen-bond acceptors (Lipinski definition) is 1. The fourth-order valence-corrected chi connectivity index (χ4v) is 0.918. The average Bonchev–Trinajstić information content (AvgIpc) is 1.63. The minimum Gasteiger partial charge on any atom is -0.340 e. The Hall–Kier alpha value is -0.240. The third-order valence-electron chi connectivity index (χ3n) is 0.902. The van der Waals surface area contributed by atoms with Gasteiger partial charge in [-0.3, -0.25) is 4.79 Å². The molecule has 1 unspecified atom stereocenters. The van der Waals surface area contributed by atoms with Crippen molar-refractivity contribution in [2.75, 3.05) is 0 Å². The molecule has 0 saturated carbocycles. The van der Waals surface area contributed by atoms with E-state index in [1.165, 1.54) is 6.92 Å². The van der Waals surface area contributed by atoms with Crippen LogP contribution < -0.4 is 5.32 Å². The molecule has 0 radical (unpaired) electrons. The quantitative estimate of drug-likeness (QED) is 0.478. The Morgan fingerprint density at radius 3 is 2.67 bits per heavy atom. The van der Waals surface area contributed by atoms with Gasteiger partial charge in [-0.25, -0.2) is 0 Å². The second-order valence-electron chi connectivity index (χ2n) is 1.96. The number of rotatable bonds is 3. The first-order valence-corrected chi connectivity index (χ1v) is 3.51. The molecule has 0 saturated heterocycles. The maximum Gasteiger partial charge on any atom is 0.218 e. The van der Waals surface area contributed by atoms with Crippen molar-refractivity contribution in [2.24, 2.45) is 0 Å². The highest BCUT2D eigenvalue weighted by atomic mass is 35.5. The largest absolute Gasteiger partial charge is 0.340 e. The highest BCUT2D eigenvalue weighted by Gasteiger charge is 2.01. The van der Waals surface area contributed by atoms with Gasteiger partial charge in [0, 0.05) is 6.92 Å². The Morgan fingerprint density at radius 1 is 1.78 bits per heavy atom. The summed E-state index contributed by atoms with van der Waals surface area (Å²) in [6.07, 6.45) is 1.83. The molecule has 0 spiro atoms. The summed E-state index contributed by atoms with van der Waals surface area (Å²) in [5.41, 5.74) is -0.188. The van der Waals surface area contributed by atoms with E-state index in [2.05, 4.69) is 5.32 Å². The van der Waals surface area contributed by atoms with Gasteiger partial charge in [0.25, 0.3) is 0 Å². The molecule has 2 nitrogen and oxygen atoms in total. The lowest BCUT2D eigenvalue weighted by Gasteiger charge is -2.06. The van der Waals surface area contributed by atoms with Crippen LogP contribution in [0.1, 0.15) is 26.7 Å². The summed E-state index contributed by atoms with van der Waals surface area (Å²) in [6.45, 7) is 3.49. The first kappa shape index (κ1) is 8.76. The van der Waals surface area contributed by atoms with Crippen LogP contribution in [0.2, 0.25) is 0 Å². The van der Waals surface area contributed by atoms with Gasteiger partial charge in [-0.2, -0.15) is 0 Å². The third-order valence-corrected chi connectivity index (χ3v) is 1.23. The van der Waals surface area contributed by atoms with Gasteiger partial charge >= 0.3 is 0 Å². The van der Waals surface area contributed by atoms with Crippen LogP contribution in [0.4, 0.5) is 0 Å². The van der Waals surface area contributed by atoms with Crippen LogP contribution in [0.3, 0.4) is 0 Å². The van der Waals surface area contributed by atoms with Crippen molar-refractivity contribution >= 4 is 17.5 Å². The molecule has 0 heterocycles. The monoisotopic (exact) mass is 149 g/mol. The smallest absolute Gasteiger partial charge is 0.218 e. The second-order valence-corrected chi connectivity index (χ2v) is 2.48. The topological polar surface area (TPSA) is 29.1 Å². The second kappa shape index (κ2) is 4.62. The molecule has 0 rings (SSSR count). The van der Waals surface area contributed by atoms with E-state index >= 15 is 0 Å². The van der Waals surface area contributed by atoms with Crippen molar-refractivity contribution in [3.63, 3.8) is 0 Å². The molecule has 0 aliphatic heterocycles. The van der Waals surface area contributed by atoms with Gasteiger partial charge in [-0.05, 0) is 6.42 Å². The van der Waals surface area contributed by atoms with Crippen LogP contribution in [0, 0.1) is 0 Å². The van der Waals surface area contributed by atoms with Gasteiger partial charge < -0.3 is 5.32 Å². The number of amides is 1. The van der Waals surface area contributed by atoms with Crippen LogP contribution in [0.5, 0.6) is 0 Å². The van der Waals surface area contributed by atoms with E-state index in [0.29, 0.717) is 0 Å². The van der Waals surface area contributed by atoms with Gasteiger partial charge in [-0.1, -0.05) is 24.9 Å². The van der Waals surface area contributed by atoms with Crippen LogP contribution in [-0.4, -0.2) is 11.4 Å². The Kier molecular flexibility index (Phi) is 4.50. The molecule has 54 valence electrons. The summed E-state index contributed by atoms with van der Waals surface area (Å²) in [7, 11) is 0. The van der Waals surface area contributed by atoms with Crippen molar-refractivity contribution in [3.05, 3.63) is 0 Å². The Labute approximate surface area is 60.6 Å². The van der Waals surface area contributed by atoms with Crippen molar-refractivity contribution in [3.8, 4) is 0 Å². The summed E-state index contributed by atoms with van der Waals surface area (Å²) in [4.78, 5) is 10.3. The fourth-order valence-electron chi connectivity index (χ4n) is 0.546. The molecule has 1 amide bonds. The van der Waals surface area contributed by atoms with Gasteiger partial charge in [-0.15, -0.1) is 0 Å². The van der Waals surface area contributed by atoms with Gasteiger partial charge in [0.05, 0.1) is 0 Å². The lowest BCUT2D eigenvalue weighted by molar-refractivity contribution is -0.119. The van der Waals surface area contributed by atoms with E-state index in [-0.39, 0.29) is 11.4 Å². The lowest BCUT2D eigenvalue weighted by atomic mass is 10.3. The van der Waals surface area contributed by atoms with E-state index in [1.54, 1.807) is 0 Å². The fraction of sp³-hybridized carbons (Fsp3) is 0.833. The number of carbonyl (C=O) groups is 1. The summed E-state index contributed by atoms with van der Waals surface area (Å²) >= 11 is 5.64. The Bertz CT molecular complexity index is 95.1. The minimum absolute atomic E-state index is 0.0662. The van der Waals surface area contributed by atoms with Crippen LogP contribution >= 0.6 is 11.6 Å². The standard InChI is InChI=1S/C6H12ClNO/c1-3-4-6(7)8-5(2)9/h6H,3-4H2,1-2H3,(H,8,9). The van der Waals surface area contributed by atoms with Crippen LogP contribution in [0.15, 0.2) is 0 Å². The zero-order valence-corrected chi connectivity index (χ0v) is 6.53. The number of alkyl halides is 1. The van der Waals surface area contributed by atoms with Crippen molar-refractivity contribution in [2.45, 2.75) is 32.2 Å². The maximum absolute atomic E-state index is 10.3. The van der Waals surface area contributed by atoms with E-state index in [9.17, 15) is 4.79 Å². The molecule has 3 heteroatoms. The molecule has 0 bridgehead atoms. The minimum atomic E-state index is -0.188. The molecule has 0 aliphatic rings. The van der Waals surface area contributed by atoms with Crippen molar-refractivity contribution in [1.29, 1.82) is 0 Å². The van der Waals surface area contributed by atoms with Crippen molar-refractivity contribution in [1.82, 2.24) is 5.32 Å². The lowest BCUT2D eigenvalue weighted by Crippen LogP contribution is -2.27. The molecule has 0 aromatic heterocycles. The zero-order valence-electron chi connectivity index (χ0n) is 5.78. The molecular weight excluding hydrogens is 138 g/mol. The Morgan fingerprint density at radius 2 is 2.33 bits per heavy atom. The summed E-state index contributed by atoms with van der Waals surface area (Å²) < 4.78 is 0. The van der Waals surface area contributed by atoms with Gasteiger partial charge in [0.2, 0.25) is 5.91 Å². The SMILES string of the molecule is CCCC(Cl)NC(C)=O. The molecule has 9 heavy (non-hydrogen) atoms. The predicted octanol–water partition coefficient (Wildman–Crippen LogP) is 1.49. The first-order valence-electron chi connectivity index (χ1n) is 3.08. The highest BCUT2D eigenvalue weighted by molar-refractivity contribution is 6.21.